The maximum atomic E-state index is 15.1. The SMILES string of the molecule is CCCCOc1ccc(CCC2CCC(c3ccc(-c4ccc(OCC)c(F)c4F)cc3F)CC2)c(F)c1F. The summed E-state index contributed by atoms with van der Waals surface area (Å²) in [4.78, 5) is 0. The smallest absolute Gasteiger partial charge is 0.201 e. The molecule has 2 nitrogen and oxygen atoms in total. The number of unbranched alkanes of at least 4 members (excludes halogenated alkanes) is 1. The summed E-state index contributed by atoms with van der Waals surface area (Å²) >= 11 is 0. The van der Waals surface area contributed by atoms with E-state index < -0.39 is 29.1 Å². The van der Waals surface area contributed by atoms with Crippen molar-refractivity contribution in [3.05, 3.63) is 82.7 Å². The average molecular weight is 547 g/mol. The van der Waals surface area contributed by atoms with Crippen LogP contribution in [0.3, 0.4) is 0 Å². The van der Waals surface area contributed by atoms with Crippen molar-refractivity contribution in [1.29, 1.82) is 0 Å². The molecule has 39 heavy (non-hydrogen) atoms. The summed E-state index contributed by atoms with van der Waals surface area (Å²) in [5.41, 5.74) is 1.16. The molecule has 1 saturated carbocycles. The van der Waals surface area contributed by atoms with Gasteiger partial charge >= 0.3 is 0 Å². The summed E-state index contributed by atoms with van der Waals surface area (Å²) in [6.07, 6.45) is 6.10. The van der Waals surface area contributed by atoms with Gasteiger partial charge in [-0.25, -0.2) is 13.2 Å². The Labute approximate surface area is 227 Å². The predicted molar refractivity (Wildman–Crippen MR) is 143 cm³/mol. The standard InChI is InChI=1S/C32H35F5O2/c1-3-5-18-39-28-16-13-22(29(34)31(28)36)11-8-20-6-9-21(10-7-20)24-14-12-23(19-26(24)33)25-15-17-27(38-4-2)32(37)30(25)35/h12-17,19-21H,3-11,18H2,1-2H3. The van der Waals surface area contributed by atoms with E-state index in [0.29, 0.717) is 30.1 Å². The molecular formula is C32H35F5O2. The van der Waals surface area contributed by atoms with Crippen LogP contribution in [0.4, 0.5) is 22.0 Å². The van der Waals surface area contributed by atoms with Crippen molar-refractivity contribution in [2.45, 2.75) is 71.1 Å². The quantitative estimate of drug-likeness (QED) is 0.176. The minimum atomic E-state index is -1.09. The maximum Gasteiger partial charge on any atom is 0.201 e. The number of halogens is 5. The first-order valence-electron chi connectivity index (χ1n) is 13.8. The van der Waals surface area contributed by atoms with Crippen LogP contribution in [0.5, 0.6) is 11.5 Å². The van der Waals surface area contributed by atoms with Gasteiger partial charge in [-0.2, -0.15) is 8.78 Å². The number of rotatable bonds is 11. The average Bonchev–Trinajstić information content (AvgIpc) is 2.94. The Morgan fingerprint density at radius 3 is 2.13 bits per heavy atom. The molecule has 0 aliphatic heterocycles. The molecular weight excluding hydrogens is 511 g/mol. The van der Waals surface area contributed by atoms with Gasteiger partial charge in [0.15, 0.2) is 23.1 Å². The predicted octanol–water partition coefficient (Wildman–Crippen LogP) is 9.53. The molecule has 4 rings (SSSR count). The van der Waals surface area contributed by atoms with Crippen molar-refractivity contribution in [3.63, 3.8) is 0 Å². The first kappa shape index (κ1) is 28.9. The summed E-state index contributed by atoms with van der Waals surface area (Å²) in [5.74, 6) is -4.23. The molecule has 3 aromatic carbocycles. The van der Waals surface area contributed by atoms with Gasteiger partial charge in [-0.3, -0.25) is 0 Å². The highest BCUT2D eigenvalue weighted by Gasteiger charge is 2.26. The third kappa shape index (κ3) is 6.74. The largest absolute Gasteiger partial charge is 0.491 e. The topological polar surface area (TPSA) is 18.5 Å². The molecule has 0 unspecified atom stereocenters. The second kappa shape index (κ2) is 13.3. The fourth-order valence-corrected chi connectivity index (χ4v) is 5.37. The summed E-state index contributed by atoms with van der Waals surface area (Å²) in [5, 5.41) is 0. The highest BCUT2D eigenvalue weighted by molar-refractivity contribution is 5.66. The molecule has 0 atom stereocenters. The van der Waals surface area contributed by atoms with E-state index in [2.05, 4.69) is 0 Å². The van der Waals surface area contributed by atoms with E-state index in [-0.39, 0.29) is 35.2 Å². The van der Waals surface area contributed by atoms with E-state index in [9.17, 15) is 17.6 Å². The number of hydrogen-bond acceptors (Lipinski definition) is 2. The van der Waals surface area contributed by atoms with Gasteiger partial charge in [-0.05, 0) is 105 Å². The van der Waals surface area contributed by atoms with E-state index in [0.717, 1.165) is 44.9 Å². The van der Waals surface area contributed by atoms with Gasteiger partial charge in [0.05, 0.1) is 13.2 Å². The third-order valence-electron chi connectivity index (χ3n) is 7.65. The van der Waals surface area contributed by atoms with E-state index >= 15 is 4.39 Å². The minimum Gasteiger partial charge on any atom is -0.491 e. The number of aryl methyl sites for hydroxylation is 1. The molecule has 0 N–H and O–H groups in total. The molecule has 3 aromatic rings. The van der Waals surface area contributed by atoms with Gasteiger partial charge < -0.3 is 9.47 Å². The lowest BCUT2D eigenvalue weighted by atomic mass is 9.76. The number of ether oxygens (including phenoxy) is 2. The van der Waals surface area contributed by atoms with Crippen LogP contribution < -0.4 is 9.47 Å². The van der Waals surface area contributed by atoms with Crippen LogP contribution >= 0.6 is 0 Å². The van der Waals surface area contributed by atoms with Crippen LogP contribution in [0.15, 0.2) is 42.5 Å². The molecule has 0 amide bonds. The first-order valence-corrected chi connectivity index (χ1v) is 13.8. The molecule has 1 fully saturated rings. The second-order valence-electron chi connectivity index (χ2n) is 10.2. The van der Waals surface area contributed by atoms with Crippen molar-refractivity contribution < 1.29 is 31.4 Å². The van der Waals surface area contributed by atoms with Crippen LogP contribution in [0.25, 0.3) is 11.1 Å². The van der Waals surface area contributed by atoms with E-state index in [1.807, 2.05) is 6.92 Å². The zero-order valence-electron chi connectivity index (χ0n) is 22.5. The van der Waals surface area contributed by atoms with Gasteiger partial charge in [0.1, 0.15) is 5.82 Å². The molecule has 1 aliphatic carbocycles. The molecule has 210 valence electrons. The molecule has 0 spiro atoms. The summed E-state index contributed by atoms with van der Waals surface area (Å²) < 4.78 is 83.4. The lowest BCUT2D eigenvalue weighted by molar-refractivity contribution is 0.287. The van der Waals surface area contributed by atoms with Gasteiger partial charge in [0.2, 0.25) is 11.6 Å². The molecule has 7 heteroatoms. The number of hydrogen-bond donors (Lipinski definition) is 0. The lowest BCUT2D eigenvalue weighted by Crippen LogP contribution is -2.15. The second-order valence-corrected chi connectivity index (χ2v) is 10.2. The van der Waals surface area contributed by atoms with Crippen molar-refractivity contribution in [2.75, 3.05) is 13.2 Å². The van der Waals surface area contributed by atoms with E-state index in [4.69, 9.17) is 9.47 Å². The molecule has 0 aromatic heterocycles. The van der Waals surface area contributed by atoms with E-state index in [1.165, 1.54) is 24.3 Å². The Morgan fingerprint density at radius 2 is 1.44 bits per heavy atom. The van der Waals surface area contributed by atoms with Gasteiger partial charge in [-0.15, -0.1) is 0 Å². The fraction of sp³-hybridized carbons (Fsp3) is 0.438. The molecule has 0 saturated heterocycles. The third-order valence-corrected chi connectivity index (χ3v) is 7.65. The maximum absolute atomic E-state index is 15.1. The van der Waals surface area contributed by atoms with Crippen molar-refractivity contribution in [2.24, 2.45) is 5.92 Å². The lowest BCUT2D eigenvalue weighted by Gasteiger charge is -2.29. The summed E-state index contributed by atoms with van der Waals surface area (Å²) in [7, 11) is 0. The molecule has 0 radical (unpaired) electrons. The van der Waals surface area contributed by atoms with Gasteiger partial charge in [0.25, 0.3) is 0 Å². The zero-order valence-corrected chi connectivity index (χ0v) is 22.5. The van der Waals surface area contributed by atoms with Gasteiger partial charge in [-0.1, -0.05) is 31.5 Å². The zero-order chi connectivity index (χ0) is 27.9. The van der Waals surface area contributed by atoms with Gasteiger partial charge in [0, 0.05) is 5.56 Å². The molecule has 1 aliphatic rings. The summed E-state index contributed by atoms with van der Waals surface area (Å²) in [6, 6.07) is 10.4. The van der Waals surface area contributed by atoms with Crippen molar-refractivity contribution in [1.82, 2.24) is 0 Å². The Kier molecular flexibility index (Phi) is 9.87. The Balaban J connectivity index is 1.34. The monoisotopic (exact) mass is 546 g/mol. The Morgan fingerprint density at radius 1 is 0.744 bits per heavy atom. The van der Waals surface area contributed by atoms with Crippen molar-refractivity contribution in [3.8, 4) is 22.6 Å². The highest BCUT2D eigenvalue weighted by Crippen LogP contribution is 2.40. The van der Waals surface area contributed by atoms with Crippen LogP contribution in [-0.4, -0.2) is 13.2 Å². The fourth-order valence-electron chi connectivity index (χ4n) is 5.37. The van der Waals surface area contributed by atoms with Crippen molar-refractivity contribution >= 4 is 0 Å². The number of benzene rings is 3. The normalized spacial score (nSPS) is 17.3. The Bertz CT molecular complexity index is 1270. The minimum absolute atomic E-state index is 0.0191. The first-order chi connectivity index (χ1) is 18.8. The highest BCUT2D eigenvalue weighted by atomic mass is 19.2. The Hall–Kier alpha value is -3.09. The van der Waals surface area contributed by atoms with Crippen LogP contribution in [-0.2, 0) is 6.42 Å². The van der Waals surface area contributed by atoms with Crippen LogP contribution in [0.1, 0.15) is 75.8 Å². The van der Waals surface area contributed by atoms with Crippen LogP contribution in [0.2, 0.25) is 0 Å². The van der Waals surface area contributed by atoms with Crippen LogP contribution in [0, 0.1) is 35.0 Å². The van der Waals surface area contributed by atoms with E-state index in [1.54, 1.807) is 25.1 Å². The molecule has 0 heterocycles. The molecule has 0 bridgehead atoms. The summed E-state index contributed by atoms with van der Waals surface area (Å²) in [6.45, 7) is 4.24.